The molecule has 0 saturated heterocycles. The zero-order valence-corrected chi connectivity index (χ0v) is 10.9. The second-order valence-corrected chi connectivity index (χ2v) is 8.25. The number of fused-ring (bicyclic) bond motifs is 1. The van der Waals surface area contributed by atoms with Crippen LogP contribution in [-0.4, -0.2) is 1.93 Å². The zero-order valence-electron chi connectivity index (χ0n) is 6.63. The smallest absolute Gasteiger partial charge is 0.0695 e. The molecule has 0 amide bonds. The van der Waals surface area contributed by atoms with Crippen molar-refractivity contribution in [2.45, 2.75) is 20.7 Å². The summed E-state index contributed by atoms with van der Waals surface area (Å²) in [7, 11) is 0. The van der Waals surface area contributed by atoms with Gasteiger partial charge in [0, 0.05) is 5.92 Å². The summed E-state index contributed by atoms with van der Waals surface area (Å²) >= 11 is 5.06. The van der Waals surface area contributed by atoms with E-state index in [1.54, 1.807) is 11.1 Å². The first-order chi connectivity index (χ1) is 5.79. The van der Waals surface area contributed by atoms with Crippen LogP contribution in [0.25, 0.3) is 0 Å². The summed E-state index contributed by atoms with van der Waals surface area (Å²) in [6.45, 7) is 0. The Morgan fingerprint density at radius 1 is 1.25 bits per heavy atom. The molecule has 64 valence electrons. The van der Waals surface area contributed by atoms with E-state index in [4.69, 9.17) is 0 Å². The fraction of sp³-hybridized carbons (Fsp3) is 0.400. The summed E-state index contributed by atoms with van der Waals surface area (Å²) in [6, 6.07) is 8.87. The first-order valence-corrected chi connectivity index (χ1v) is 6.64. The predicted molar refractivity (Wildman–Crippen MR) is 69.3 cm³/mol. The van der Waals surface area contributed by atoms with Crippen LogP contribution in [0.1, 0.15) is 23.5 Å². The summed E-state index contributed by atoms with van der Waals surface area (Å²) < 4.78 is 0.740. The molecule has 12 heavy (non-hydrogen) atoms. The lowest BCUT2D eigenvalue weighted by Crippen LogP contribution is -2.00. The molecule has 1 aromatic rings. The highest BCUT2D eigenvalue weighted by Gasteiger charge is 2.25. The fourth-order valence-corrected chi connectivity index (χ4v) is 3.35. The highest BCUT2D eigenvalue weighted by Crippen LogP contribution is 2.40. The van der Waals surface area contributed by atoms with E-state index in [1.165, 1.54) is 12.8 Å². The van der Waals surface area contributed by atoms with Gasteiger partial charge in [-0.25, -0.2) is 0 Å². The van der Waals surface area contributed by atoms with Crippen molar-refractivity contribution in [2.24, 2.45) is 0 Å². The maximum Gasteiger partial charge on any atom is 0.0695 e. The molecule has 0 N–H and O–H groups in total. The minimum absolute atomic E-state index is 0.740. The van der Waals surface area contributed by atoms with Crippen molar-refractivity contribution in [3.63, 3.8) is 0 Å². The van der Waals surface area contributed by atoms with Gasteiger partial charge in [0.2, 0.25) is 0 Å². The average Bonchev–Trinajstić information content (AvgIpc) is 2.47. The predicted octanol–water partition coefficient (Wildman–Crippen LogP) is 3.91. The van der Waals surface area contributed by atoms with Crippen molar-refractivity contribution in [1.29, 1.82) is 0 Å². The van der Waals surface area contributed by atoms with E-state index in [2.05, 4.69) is 69.4 Å². The van der Waals surface area contributed by atoms with Crippen LogP contribution in [0, 0.1) is 0 Å². The molecule has 1 aliphatic carbocycles. The Hall–Kier alpha value is 0.680. The van der Waals surface area contributed by atoms with Crippen molar-refractivity contribution in [1.82, 2.24) is 0 Å². The van der Waals surface area contributed by atoms with Gasteiger partial charge in [0.15, 0.2) is 0 Å². The molecule has 2 rings (SSSR count). The molecular weight excluding hydrogens is 374 g/mol. The van der Waals surface area contributed by atoms with Crippen LogP contribution in [-0.2, 0) is 6.42 Å². The molecule has 0 aromatic heterocycles. The first kappa shape index (κ1) is 9.24. The largest absolute Gasteiger partial charge is 0.0703 e. The second kappa shape index (κ2) is 3.82. The average molecular weight is 384 g/mol. The van der Waals surface area contributed by atoms with Crippen molar-refractivity contribution in [2.75, 3.05) is 0 Å². The monoisotopic (exact) mass is 384 g/mol. The number of rotatable bonds is 1. The Balaban J connectivity index is 2.36. The number of aryl methyl sites for hydroxylation is 1. The van der Waals surface area contributed by atoms with Crippen molar-refractivity contribution < 1.29 is 0 Å². The zero-order chi connectivity index (χ0) is 8.55. The topological polar surface area (TPSA) is 0 Å². The van der Waals surface area contributed by atoms with Gasteiger partial charge in [0.05, 0.1) is 1.93 Å². The summed E-state index contributed by atoms with van der Waals surface area (Å²) in [5, 5.41) is 0. The number of benzene rings is 1. The van der Waals surface area contributed by atoms with E-state index >= 15 is 0 Å². The molecule has 1 atom stereocenters. The summed E-state index contributed by atoms with van der Waals surface area (Å²) in [5.74, 6) is 0.794. The summed E-state index contributed by atoms with van der Waals surface area (Å²) in [4.78, 5) is 0. The van der Waals surface area contributed by atoms with Crippen LogP contribution in [0.15, 0.2) is 24.3 Å². The summed E-state index contributed by atoms with van der Waals surface area (Å²) in [6.07, 6.45) is 2.62. The first-order valence-electron chi connectivity index (χ1n) is 4.15. The maximum absolute atomic E-state index is 2.53. The van der Waals surface area contributed by atoms with E-state index in [-0.39, 0.29) is 0 Å². The third-order valence-electron chi connectivity index (χ3n) is 2.48. The van der Waals surface area contributed by atoms with Crippen LogP contribution >= 0.6 is 45.2 Å². The van der Waals surface area contributed by atoms with E-state index < -0.39 is 0 Å². The molecule has 0 fully saturated rings. The molecule has 0 heterocycles. The molecule has 0 saturated carbocycles. The van der Waals surface area contributed by atoms with Gasteiger partial charge in [-0.3, -0.25) is 0 Å². The highest BCUT2D eigenvalue weighted by molar-refractivity contribution is 14.2. The molecule has 0 radical (unpaired) electrons. The molecule has 0 bridgehead atoms. The molecule has 1 unspecified atom stereocenters. The molecule has 2 heteroatoms. The number of hydrogen-bond donors (Lipinski definition) is 0. The number of hydrogen-bond acceptors (Lipinski definition) is 0. The van der Waals surface area contributed by atoms with Gasteiger partial charge in [-0.1, -0.05) is 69.4 Å². The van der Waals surface area contributed by atoms with E-state index in [0.29, 0.717) is 0 Å². The lowest BCUT2D eigenvalue weighted by molar-refractivity contribution is 0.756. The van der Waals surface area contributed by atoms with Gasteiger partial charge in [-0.15, -0.1) is 0 Å². The molecule has 1 aromatic carbocycles. The second-order valence-electron chi connectivity index (χ2n) is 3.18. The number of halogens is 2. The van der Waals surface area contributed by atoms with Crippen LogP contribution in [0.2, 0.25) is 0 Å². The van der Waals surface area contributed by atoms with Gasteiger partial charge >= 0.3 is 0 Å². The quantitative estimate of drug-likeness (QED) is 0.509. The minimum atomic E-state index is 0.740. The van der Waals surface area contributed by atoms with Crippen LogP contribution < -0.4 is 0 Å². The Morgan fingerprint density at radius 2 is 2.00 bits per heavy atom. The fourth-order valence-electron chi connectivity index (χ4n) is 1.85. The van der Waals surface area contributed by atoms with Gasteiger partial charge in [0.25, 0.3) is 0 Å². The molecule has 1 aliphatic rings. The van der Waals surface area contributed by atoms with Crippen molar-refractivity contribution in [3.05, 3.63) is 35.4 Å². The van der Waals surface area contributed by atoms with Crippen LogP contribution in [0.4, 0.5) is 0 Å². The summed E-state index contributed by atoms with van der Waals surface area (Å²) in [5.41, 5.74) is 3.16. The third kappa shape index (κ3) is 1.64. The Kier molecular flexibility index (Phi) is 2.94. The van der Waals surface area contributed by atoms with Crippen LogP contribution in [0.5, 0.6) is 0 Å². The lowest BCUT2D eigenvalue weighted by atomic mass is 10.0. The maximum atomic E-state index is 2.53. The standard InChI is InChI=1S/C10H10I2/c11-10(12)9-6-5-7-3-1-2-4-8(7)9/h1-4,9-10H,5-6H2. The highest BCUT2D eigenvalue weighted by atomic mass is 127. The molecule has 0 aliphatic heterocycles. The molecular formula is C10H10I2. The molecule has 0 spiro atoms. The third-order valence-corrected chi connectivity index (χ3v) is 4.22. The van der Waals surface area contributed by atoms with E-state index in [9.17, 15) is 0 Å². The normalized spacial score (nSPS) is 21.4. The Morgan fingerprint density at radius 3 is 2.75 bits per heavy atom. The Labute approximate surface area is 100 Å². The lowest BCUT2D eigenvalue weighted by Gasteiger charge is -2.12. The van der Waals surface area contributed by atoms with Crippen molar-refractivity contribution in [3.8, 4) is 0 Å². The number of alkyl halides is 2. The van der Waals surface area contributed by atoms with Gasteiger partial charge in [-0.2, -0.15) is 0 Å². The van der Waals surface area contributed by atoms with Crippen molar-refractivity contribution >= 4 is 45.2 Å². The van der Waals surface area contributed by atoms with Crippen LogP contribution in [0.3, 0.4) is 0 Å². The van der Waals surface area contributed by atoms with E-state index in [1.807, 2.05) is 0 Å². The minimum Gasteiger partial charge on any atom is -0.0703 e. The van der Waals surface area contributed by atoms with E-state index in [0.717, 1.165) is 7.85 Å². The molecule has 0 nitrogen and oxygen atoms in total. The SMILES string of the molecule is IC(I)C1CCc2ccccc21. The van der Waals surface area contributed by atoms with Gasteiger partial charge in [0.1, 0.15) is 0 Å². The Bertz CT molecular complexity index is 281. The van der Waals surface area contributed by atoms with Gasteiger partial charge < -0.3 is 0 Å². The van der Waals surface area contributed by atoms with Gasteiger partial charge in [-0.05, 0) is 24.0 Å².